The monoisotopic (exact) mass is 457 g/mol. The molecule has 1 aromatic heterocycles. The molecule has 0 spiro atoms. The van der Waals surface area contributed by atoms with Crippen molar-refractivity contribution < 1.29 is 14.6 Å². The highest BCUT2D eigenvalue weighted by molar-refractivity contribution is 5.91. The number of benzene rings is 2. The van der Waals surface area contributed by atoms with Crippen LogP contribution in [0.25, 0.3) is 11.1 Å². The number of nitriles is 1. The van der Waals surface area contributed by atoms with Crippen LogP contribution < -0.4 is 15.0 Å². The van der Waals surface area contributed by atoms with Gasteiger partial charge in [-0.1, -0.05) is 6.07 Å². The van der Waals surface area contributed by atoms with E-state index in [4.69, 9.17) is 4.74 Å². The van der Waals surface area contributed by atoms with Crippen molar-refractivity contribution >= 4 is 11.8 Å². The molecule has 1 amide bonds. The van der Waals surface area contributed by atoms with Crippen LogP contribution in [0.4, 0.5) is 10.5 Å². The number of aromatic nitrogens is 2. The Hall–Kier alpha value is -3.83. The van der Waals surface area contributed by atoms with Crippen LogP contribution in [0.2, 0.25) is 0 Å². The molecule has 8 heteroatoms. The van der Waals surface area contributed by atoms with Crippen LogP contribution in [-0.4, -0.2) is 40.1 Å². The van der Waals surface area contributed by atoms with Gasteiger partial charge in [-0.3, -0.25) is 9.58 Å². The van der Waals surface area contributed by atoms with E-state index in [-0.39, 0.29) is 6.04 Å². The molecule has 1 saturated heterocycles. The van der Waals surface area contributed by atoms with Crippen LogP contribution in [0.15, 0.2) is 48.8 Å². The van der Waals surface area contributed by atoms with E-state index in [1.807, 2.05) is 36.0 Å². The van der Waals surface area contributed by atoms with Crippen LogP contribution >= 0.6 is 0 Å². The summed E-state index contributed by atoms with van der Waals surface area (Å²) in [6, 6.07) is 13.2. The second kappa shape index (κ2) is 9.20. The molecule has 3 aromatic rings. The van der Waals surface area contributed by atoms with Gasteiger partial charge in [-0.25, -0.2) is 4.79 Å². The molecule has 0 bridgehead atoms. The van der Waals surface area contributed by atoms with Crippen LogP contribution in [0.1, 0.15) is 43.4 Å². The van der Waals surface area contributed by atoms with Crippen LogP contribution in [0.3, 0.4) is 0 Å². The second-order valence-corrected chi connectivity index (χ2v) is 8.91. The topological polar surface area (TPSA) is 103 Å². The van der Waals surface area contributed by atoms with E-state index in [0.29, 0.717) is 41.6 Å². The molecule has 34 heavy (non-hydrogen) atoms. The number of nitrogens with one attached hydrogen (secondary N) is 1. The van der Waals surface area contributed by atoms with E-state index in [2.05, 4.69) is 22.7 Å². The summed E-state index contributed by atoms with van der Waals surface area (Å²) in [7, 11) is 0. The van der Waals surface area contributed by atoms with Crippen molar-refractivity contribution in [1.82, 2.24) is 15.1 Å². The van der Waals surface area contributed by atoms with Gasteiger partial charge in [0.2, 0.25) is 0 Å². The van der Waals surface area contributed by atoms with Gasteiger partial charge in [0, 0.05) is 28.9 Å². The molecule has 8 nitrogen and oxygen atoms in total. The van der Waals surface area contributed by atoms with E-state index in [0.717, 1.165) is 42.6 Å². The second-order valence-electron chi connectivity index (χ2n) is 8.91. The first-order valence-electron chi connectivity index (χ1n) is 11.7. The predicted molar refractivity (Wildman–Crippen MR) is 128 cm³/mol. The summed E-state index contributed by atoms with van der Waals surface area (Å²) in [5, 5.41) is 27.2. The average Bonchev–Trinajstić information content (AvgIpc) is 3.34. The molecule has 0 radical (unpaired) electrons. The fourth-order valence-electron chi connectivity index (χ4n) is 4.93. The molecule has 2 aromatic carbocycles. The molecule has 2 aliphatic rings. The maximum Gasteiger partial charge on any atom is 0.412 e. The number of carboxylic acid groups (broad SMARTS) is 1. The molecule has 3 heterocycles. The SMILES string of the molecule is C[C@H]1CCc2c(ccc(-c3cnn(C4CCNCC4)c3)c2Oc2cccc(C#N)c2)N1C(=O)O. The number of hydrogen-bond donors (Lipinski definition) is 2. The van der Waals surface area contributed by atoms with E-state index < -0.39 is 6.09 Å². The van der Waals surface area contributed by atoms with E-state index >= 15 is 0 Å². The number of fused-ring (bicyclic) bond motifs is 1. The van der Waals surface area contributed by atoms with Crippen LogP contribution in [0.5, 0.6) is 11.5 Å². The molecule has 0 saturated carbocycles. The van der Waals surface area contributed by atoms with Crippen molar-refractivity contribution in [3.05, 3.63) is 59.9 Å². The van der Waals surface area contributed by atoms with Gasteiger partial charge in [-0.05, 0) is 76.0 Å². The summed E-state index contributed by atoms with van der Waals surface area (Å²) in [5.41, 5.74) is 3.79. The Kier molecular flexibility index (Phi) is 5.95. The van der Waals surface area contributed by atoms with E-state index in [1.54, 1.807) is 18.2 Å². The highest BCUT2D eigenvalue weighted by atomic mass is 16.5. The minimum atomic E-state index is -0.975. The Morgan fingerprint density at radius 3 is 2.82 bits per heavy atom. The van der Waals surface area contributed by atoms with Gasteiger partial charge in [0.05, 0.1) is 29.6 Å². The smallest absolute Gasteiger partial charge is 0.412 e. The Morgan fingerprint density at radius 1 is 1.24 bits per heavy atom. The molecular weight excluding hydrogens is 430 g/mol. The fourth-order valence-corrected chi connectivity index (χ4v) is 4.93. The van der Waals surface area contributed by atoms with Gasteiger partial charge >= 0.3 is 6.09 Å². The number of anilines is 1. The molecule has 0 aliphatic carbocycles. The number of carbonyl (C=O) groups is 1. The first kappa shape index (κ1) is 22.0. The van der Waals surface area contributed by atoms with Crippen LogP contribution in [0, 0.1) is 11.3 Å². The molecule has 2 aliphatic heterocycles. The van der Waals surface area contributed by atoms with Gasteiger partial charge in [0.1, 0.15) is 11.5 Å². The van der Waals surface area contributed by atoms with E-state index in [9.17, 15) is 15.2 Å². The lowest BCUT2D eigenvalue weighted by Gasteiger charge is -2.34. The Balaban J connectivity index is 1.61. The van der Waals surface area contributed by atoms with Crippen molar-refractivity contribution in [3.63, 3.8) is 0 Å². The summed E-state index contributed by atoms with van der Waals surface area (Å²) in [6.45, 7) is 3.88. The van der Waals surface area contributed by atoms with Crippen LogP contribution in [-0.2, 0) is 6.42 Å². The highest BCUT2D eigenvalue weighted by Crippen LogP contribution is 2.45. The molecule has 1 fully saturated rings. The highest BCUT2D eigenvalue weighted by Gasteiger charge is 2.32. The third-order valence-corrected chi connectivity index (χ3v) is 6.73. The maximum absolute atomic E-state index is 12.0. The average molecular weight is 458 g/mol. The van der Waals surface area contributed by atoms with Crippen molar-refractivity contribution in [3.8, 4) is 28.7 Å². The lowest BCUT2D eigenvalue weighted by Crippen LogP contribution is -2.41. The molecular formula is C26H27N5O3. The van der Waals surface area contributed by atoms with Crippen molar-refractivity contribution in [1.29, 1.82) is 5.26 Å². The number of piperidine rings is 1. The minimum absolute atomic E-state index is 0.117. The van der Waals surface area contributed by atoms with Gasteiger partial charge in [-0.15, -0.1) is 0 Å². The zero-order valence-electron chi connectivity index (χ0n) is 19.1. The third-order valence-electron chi connectivity index (χ3n) is 6.73. The van der Waals surface area contributed by atoms with Crippen molar-refractivity contribution in [2.75, 3.05) is 18.0 Å². The Bertz CT molecular complexity index is 1260. The summed E-state index contributed by atoms with van der Waals surface area (Å²) in [5.74, 6) is 1.16. The molecule has 174 valence electrons. The fraction of sp³-hybridized carbons (Fsp3) is 0.346. The Labute approximate surface area is 198 Å². The Morgan fingerprint density at radius 2 is 2.06 bits per heavy atom. The normalized spacial score (nSPS) is 18.2. The van der Waals surface area contributed by atoms with E-state index in [1.165, 1.54) is 4.90 Å². The number of amides is 1. The molecule has 2 N–H and O–H groups in total. The summed E-state index contributed by atoms with van der Waals surface area (Å²) < 4.78 is 8.43. The quantitative estimate of drug-likeness (QED) is 0.574. The summed E-state index contributed by atoms with van der Waals surface area (Å²) in [4.78, 5) is 13.5. The van der Waals surface area contributed by atoms with Crippen molar-refractivity contribution in [2.45, 2.75) is 44.7 Å². The first-order valence-corrected chi connectivity index (χ1v) is 11.7. The predicted octanol–water partition coefficient (Wildman–Crippen LogP) is 4.96. The standard InChI is InChI=1S/C26H27N5O3/c1-17-5-6-23-24(31(17)26(32)33)8-7-22(25(23)34-21-4-2-3-18(13-21)14-27)19-15-29-30(16-19)20-9-11-28-12-10-20/h2-4,7-8,13,15-17,20,28H,5-6,9-12H2,1H3,(H,32,33)/t17-/m0/s1. The number of ether oxygens (including phenoxy) is 1. The number of nitrogens with zero attached hydrogens (tertiary/aromatic N) is 4. The summed E-state index contributed by atoms with van der Waals surface area (Å²) in [6.07, 6.45) is 6.38. The maximum atomic E-state index is 12.0. The van der Waals surface area contributed by atoms with Gasteiger partial charge in [-0.2, -0.15) is 10.4 Å². The number of hydrogen-bond acceptors (Lipinski definition) is 5. The minimum Gasteiger partial charge on any atom is -0.465 e. The van der Waals surface area contributed by atoms with Gasteiger partial charge < -0.3 is 15.2 Å². The third kappa shape index (κ3) is 4.11. The molecule has 1 atom stereocenters. The van der Waals surface area contributed by atoms with Gasteiger partial charge in [0.25, 0.3) is 0 Å². The zero-order chi connectivity index (χ0) is 23.7. The zero-order valence-corrected chi connectivity index (χ0v) is 19.1. The lowest BCUT2D eigenvalue weighted by molar-refractivity contribution is 0.198. The number of rotatable bonds is 4. The molecule has 0 unspecified atom stereocenters. The van der Waals surface area contributed by atoms with Crippen molar-refractivity contribution in [2.24, 2.45) is 0 Å². The lowest BCUT2D eigenvalue weighted by atomic mass is 9.92. The molecule has 5 rings (SSSR count). The summed E-state index contributed by atoms with van der Waals surface area (Å²) >= 11 is 0. The largest absolute Gasteiger partial charge is 0.465 e. The van der Waals surface area contributed by atoms with Gasteiger partial charge in [0.15, 0.2) is 0 Å². The first-order chi connectivity index (χ1) is 16.5.